The first-order valence-corrected chi connectivity index (χ1v) is 12.9. The van der Waals surface area contributed by atoms with E-state index in [4.69, 9.17) is 10.1 Å². The van der Waals surface area contributed by atoms with Crippen molar-refractivity contribution < 1.29 is 18.5 Å². The number of benzene rings is 1. The number of halogens is 1. The lowest BCUT2D eigenvalue weighted by Gasteiger charge is -2.17. The number of thiophene rings is 1. The van der Waals surface area contributed by atoms with Gasteiger partial charge in [0.2, 0.25) is 0 Å². The lowest BCUT2D eigenvalue weighted by Crippen LogP contribution is -2.20. The van der Waals surface area contributed by atoms with Crippen molar-refractivity contribution in [2.45, 2.75) is 49.8 Å². The van der Waals surface area contributed by atoms with Crippen LogP contribution in [0.4, 0.5) is 14.9 Å². The number of carbonyl (C=O) groups is 1. The molecule has 1 unspecified atom stereocenters. The van der Waals surface area contributed by atoms with Crippen LogP contribution in [0.5, 0.6) is 0 Å². The number of carbonyl (C=O) groups excluding carboxylic acids is 1. The van der Waals surface area contributed by atoms with Gasteiger partial charge in [-0.25, -0.2) is 18.5 Å². The number of urea groups is 1. The van der Waals surface area contributed by atoms with Crippen molar-refractivity contribution in [1.29, 1.82) is 0 Å². The number of hydrogen-bond acceptors (Lipinski definition) is 5. The van der Waals surface area contributed by atoms with E-state index in [9.17, 15) is 18.5 Å². The van der Waals surface area contributed by atoms with Gasteiger partial charge >= 0.3 is 6.03 Å². The van der Waals surface area contributed by atoms with Crippen LogP contribution < -0.4 is 10.5 Å². The zero-order chi connectivity index (χ0) is 24.0. The molecule has 0 saturated carbocycles. The van der Waals surface area contributed by atoms with E-state index in [1.165, 1.54) is 19.2 Å². The molecular weight excluding hydrogens is 463 g/mol. The number of nitrogens with two attached hydrogens (primary N) is 1. The lowest BCUT2D eigenvalue weighted by molar-refractivity contribution is 0.0748. The first kappa shape index (κ1) is 23.5. The summed E-state index contributed by atoms with van der Waals surface area (Å²) in [5.41, 5.74) is 3.24. The summed E-state index contributed by atoms with van der Waals surface area (Å²) in [6.07, 6.45) is 2.46. The summed E-state index contributed by atoms with van der Waals surface area (Å²) in [5, 5.41) is 20.0. The fourth-order valence-electron chi connectivity index (χ4n) is 4.04. The largest absolute Gasteiger partial charge is 0.386 e. The molecule has 0 aliphatic heterocycles. The predicted octanol–water partition coefficient (Wildman–Crippen LogP) is 4.91. The molecule has 174 valence electrons. The number of anilines is 1. The topological polar surface area (TPSA) is 118 Å². The van der Waals surface area contributed by atoms with Crippen LogP contribution in [0.25, 0.3) is 11.1 Å². The predicted molar refractivity (Wildman–Crippen MR) is 128 cm³/mol. The van der Waals surface area contributed by atoms with Crippen LogP contribution >= 0.6 is 11.3 Å². The number of hydrogen-bond donors (Lipinski definition) is 3. The number of aryl methyl sites for hydroxylation is 2. The van der Waals surface area contributed by atoms with Gasteiger partial charge in [-0.05, 0) is 51.2 Å². The van der Waals surface area contributed by atoms with Crippen LogP contribution in [0.1, 0.15) is 42.8 Å². The van der Waals surface area contributed by atoms with E-state index in [1.807, 2.05) is 37.3 Å². The Hall–Kier alpha value is -2.66. The molecule has 0 spiro atoms. The number of aromatic nitrogens is 1. The van der Waals surface area contributed by atoms with Gasteiger partial charge in [0, 0.05) is 27.9 Å². The number of fused-ring (bicyclic) bond motifs is 1. The summed E-state index contributed by atoms with van der Waals surface area (Å²) in [7, 11) is -3.87. The first-order valence-electron chi connectivity index (χ1n) is 10.4. The SMILES string of the molecule is Cc1nc2c(c(NC(=O)N=S(N)(=O)c3scc(C(C)(C)O)c3F)c1-c1ccccc1)CCC2. The van der Waals surface area contributed by atoms with E-state index in [0.717, 1.165) is 58.7 Å². The van der Waals surface area contributed by atoms with Gasteiger partial charge in [-0.15, -0.1) is 15.7 Å². The van der Waals surface area contributed by atoms with Gasteiger partial charge in [-0.1, -0.05) is 30.3 Å². The highest BCUT2D eigenvalue weighted by molar-refractivity contribution is 7.93. The number of rotatable bonds is 4. The summed E-state index contributed by atoms with van der Waals surface area (Å²) >= 11 is 0.762. The number of aliphatic hydroxyl groups is 1. The molecule has 4 rings (SSSR count). The minimum Gasteiger partial charge on any atom is -0.386 e. The maximum atomic E-state index is 14.8. The van der Waals surface area contributed by atoms with Gasteiger partial charge in [0.05, 0.1) is 11.3 Å². The van der Waals surface area contributed by atoms with Gasteiger partial charge < -0.3 is 10.4 Å². The van der Waals surface area contributed by atoms with Crippen LogP contribution in [-0.4, -0.2) is 20.3 Å². The van der Waals surface area contributed by atoms with Crippen LogP contribution in [0, 0.1) is 12.7 Å². The third kappa shape index (κ3) is 4.56. The van der Waals surface area contributed by atoms with Crippen molar-refractivity contribution >= 4 is 33.0 Å². The molecule has 2 amide bonds. The Morgan fingerprint density at radius 3 is 2.64 bits per heavy atom. The van der Waals surface area contributed by atoms with Crippen molar-refractivity contribution in [1.82, 2.24) is 4.98 Å². The molecule has 1 aliphatic carbocycles. The van der Waals surface area contributed by atoms with Crippen LogP contribution in [0.15, 0.2) is 44.3 Å². The Labute approximate surface area is 196 Å². The van der Waals surface area contributed by atoms with Gasteiger partial charge in [-0.2, -0.15) is 0 Å². The number of amides is 2. The summed E-state index contributed by atoms with van der Waals surface area (Å²) < 4.78 is 31.1. The van der Waals surface area contributed by atoms with Crippen molar-refractivity contribution in [2.24, 2.45) is 9.50 Å². The van der Waals surface area contributed by atoms with Crippen molar-refractivity contribution in [2.75, 3.05) is 5.32 Å². The highest BCUT2D eigenvalue weighted by atomic mass is 32.2. The molecular formula is C23H25FN4O3S2. The molecule has 4 N–H and O–H groups in total. The zero-order valence-corrected chi connectivity index (χ0v) is 20.1. The smallest absolute Gasteiger partial charge is 0.354 e. The molecule has 0 bridgehead atoms. The summed E-state index contributed by atoms with van der Waals surface area (Å²) in [6, 6.07) is 8.59. The standard InChI is InChI=1S/C23H25FN4O3S2/c1-13-18(14-8-5-4-6-9-14)20(15-10-7-11-17(15)26-13)27-22(29)28-33(25,31)21-19(24)16(12-32-21)23(2,3)30/h4-6,8-9,12,30H,7,10-11H2,1-3H3,(H3,25,26,27,28,29,31). The third-order valence-corrected chi connectivity index (χ3v) is 8.44. The fourth-order valence-corrected chi connectivity index (χ4v) is 6.42. The Morgan fingerprint density at radius 2 is 2.00 bits per heavy atom. The molecule has 1 atom stereocenters. The highest BCUT2D eigenvalue weighted by Gasteiger charge is 2.29. The molecule has 1 aliphatic rings. The van der Waals surface area contributed by atoms with E-state index in [0.29, 0.717) is 5.69 Å². The molecule has 10 heteroatoms. The molecule has 1 aromatic carbocycles. The molecule has 2 aromatic heterocycles. The first-order chi connectivity index (χ1) is 15.5. The molecule has 0 radical (unpaired) electrons. The molecule has 33 heavy (non-hydrogen) atoms. The molecule has 0 saturated heterocycles. The monoisotopic (exact) mass is 488 g/mol. The van der Waals surface area contributed by atoms with E-state index in [-0.39, 0.29) is 9.77 Å². The Bertz CT molecular complexity index is 1350. The molecule has 7 nitrogen and oxygen atoms in total. The normalized spacial score (nSPS) is 15.1. The van der Waals surface area contributed by atoms with Gasteiger partial charge in [0.1, 0.15) is 0 Å². The van der Waals surface area contributed by atoms with Crippen LogP contribution in [0.3, 0.4) is 0 Å². The van der Waals surface area contributed by atoms with Crippen molar-refractivity contribution in [3.63, 3.8) is 0 Å². The quantitative estimate of drug-likeness (QED) is 0.484. The van der Waals surface area contributed by atoms with E-state index in [2.05, 4.69) is 9.68 Å². The van der Waals surface area contributed by atoms with Gasteiger partial charge in [0.25, 0.3) is 0 Å². The maximum Gasteiger partial charge on any atom is 0.354 e. The average Bonchev–Trinajstić information content (AvgIpc) is 3.34. The van der Waals surface area contributed by atoms with Crippen LogP contribution in [0.2, 0.25) is 0 Å². The van der Waals surface area contributed by atoms with Gasteiger partial charge in [0.15, 0.2) is 19.9 Å². The summed E-state index contributed by atoms with van der Waals surface area (Å²) in [4.78, 5) is 17.6. The second-order valence-corrected chi connectivity index (χ2v) is 11.4. The van der Waals surface area contributed by atoms with Gasteiger partial charge in [-0.3, -0.25) is 4.98 Å². The van der Waals surface area contributed by atoms with E-state index < -0.39 is 27.4 Å². The summed E-state index contributed by atoms with van der Waals surface area (Å²) in [6.45, 7) is 4.68. The minimum absolute atomic E-state index is 0.0507. The number of nitrogens with one attached hydrogen (secondary N) is 1. The van der Waals surface area contributed by atoms with Crippen molar-refractivity contribution in [3.05, 3.63) is 64.0 Å². The highest BCUT2D eigenvalue weighted by Crippen LogP contribution is 2.39. The lowest BCUT2D eigenvalue weighted by atomic mass is 9.98. The average molecular weight is 489 g/mol. The Balaban J connectivity index is 1.76. The third-order valence-electron chi connectivity index (χ3n) is 5.54. The van der Waals surface area contributed by atoms with E-state index >= 15 is 0 Å². The Kier molecular flexibility index (Phi) is 6.12. The number of pyridine rings is 1. The maximum absolute atomic E-state index is 14.8. The van der Waals surface area contributed by atoms with Crippen LogP contribution in [-0.2, 0) is 28.4 Å². The second-order valence-electron chi connectivity index (χ2n) is 8.49. The van der Waals surface area contributed by atoms with Crippen molar-refractivity contribution in [3.8, 4) is 11.1 Å². The second kappa shape index (κ2) is 8.60. The molecule has 3 aromatic rings. The minimum atomic E-state index is -3.87. The molecule has 0 fully saturated rings. The number of nitrogens with zero attached hydrogens (tertiary/aromatic N) is 2. The Morgan fingerprint density at radius 1 is 1.30 bits per heavy atom. The van der Waals surface area contributed by atoms with E-state index in [1.54, 1.807) is 0 Å². The summed E-state index contributed by atoms with van der Waals surface area (Å²) in [5.74, 6) is -0.915. The fraction of sp³-hybridized carbons (Fsp3) is 0.304. The zero-order valence-electron chi connectivity index (χ0n) is 18.5. The molecule has 2 heterocycles.